The van der Waals surface area contributed by atoms with E-state index in [9.17, 15) is 8.42 Å². The highest BCUT2D eigenvalue weighted by molar-refractivity contribution is 9.10. The minimum absolute atomic E-state index is 0.0174. The van der Waals surface area contributed by atoms with E-state index in [-0.39, 0.29) is 6.04 Å². The normalized spacial score (nSPS) is 22.1. The van der Waals surface area contributed by atoms with Crippen LogP contribution in [0.4, 0.5) is 0 Å². The van der Waals surface area contributed by atoms with Crippen LogP contribution in [-0.2, 0) is 10.0 Å². The number of nitrogens with one attached hydrogen (secondary N) is 1. The first-order valence-corrected chi connectivity index (χ1v) is 8.15. The monoisotopic (exact) mass is 332 g/mol. The van der Waals surface area contributed by atoms with E-state index >= 15 is 0 Å². The van der Waals surface area contributed by atoms with Gasteiger partial charge < -0.3 is 5.32 Å². The van der Waals surface area contributed by atoms with Crippen LogP contribution in [0.25, 0.3) is 0 Å². The average molecular weight is 333 g/mol. The van der Waals surface area contributed by atoms with Crippen LogP contribution >= 0.6 is 15.9 Å². The SMILES string of the molecule is Cc1cccc(S(=O)(=O)N2CCNC[C@@H]2C)c1Br. The van der Waals surface area contributed by atoms with E-state index in [1.54, 1.807) is 16.4 Å². The smallest absolute Gasteiger partial charge is 0.244 e. The van der Waals surface area contributed by atoms with Gasteiger partial charge >= 0.3 is 0 Å². The molecule has 1 saturated heterocycles. The lowest BCUT2D eigenvalue weighted by molar-refractivity contribution is 0.283. The lowest BCUT2D eigenvalue weighted by Crippen LogP contribution is -2.52. The molecule has 0 unspecified atom stereocenters. The maximum atomic E-state index is 12.6. The quantitative estimate of drug-likeness (QED) is 0.897. The highest BCUT2D eigenvalue weighted by Gasteiger charge is 2.32. The molecule has 6 heteroatoms. The van der Waals surface area contributed by atoms with E-state index in [2.05, 4.69) is 21.2 Å². The molecule has 1 aliphatic rings. The number of aryl methyl sites for hydroxylation is 1. The predicted molar refractivity (Wildman–Crippen MR) is 75.1 cm³/mol. The highest BCUT2D eigenvalue weighted by atomic mass is 79.9. The summed E-state index contributed by atoms with van der Waals surface area (Å²) in [5, 5.41) is 3.20. The Balaban J connectivity index is 2.44. The summed E-state index contributed by atoms with van der Waals surface area (Å²) in [6.07, 6.45) is 0. The van der Waals surface area contributed by atoms with Crippen molar-refractivity contribution in [3.63, 3.8) is 0 Å². The predicted octanol–water partition coefficient (Wildman–Crippen LogP) is 1.74. The third-order valence-electron chi connectivity index (χ3n) is 3.18. The molecule has 1 heterocycles. The van der Waals surface area contributed by atoms with Crippen LogP contribution in [0.2, 0.25) is 0 Å². The van der Waals surface area contributed by atoms with E-state index in [0.717, 1.165) is 5.56 Å². The molecule has 0 spiro atoms. The number of hydrogen-bond acceptors (Lipinski definition) is 3. The number of sulfonamides is 1. The van der Waals surface area contributed by atoms with Crippen molar-refractivity contribution in [2.24, 2.45) is 0 Å². The molecule has 1 aromatic rings. The van der Waals surface area contributed by atoms with Crippen molar-refractivity contribution < 1.29 is 8.42 Å². The van der Waals surface area contributed by atoms with Crippen LogP contribution in [0.15, 0.2) is 27.6 Å². The van der Waals surface area contributed by atoms with Gasteiger partial charge in [-0.15, -0.1) is 0 Å². The first kappa shape index (κ1) is 14.0. The number of halogens is 1. The summed E-state index contributed by atoms with van der Waals surface area (Å²) in [5.74, 6) is 0. The largest absolute Gasteiger partial charge is 0.314 e. The van der Waals surface area contributed by atoms with Crippen LogP contribution in [0.5, 0.6) is 0 Å². The van der Waals surface area contributed by atoms with Crippen molar-refractivity contribution in [1.82, 2.24) is 9.62 Å². The van der Waals surface area contributed by atoms with Crippen molar-refractivity contribution >= 4 is 26.0 Å². The van der Waals surface area contributed by atoms with Gasteiger partial charge in [-0.1, -0.05) is 12.1 Å². The Morgan fingerprint density at radius 1 is 1.44 bits per heavy atom. The molecule has 4 nitrogen and oxygen atoms in total. The van der Waals surface area contributed by atoms with Crippen LogP contribution in [0, 0.1) is 6.92 Å². The van der Waals surface area contributed by atoms with Crippen LogP contribution in [0.3, 0.4) is 0 Å². The van der Waals surface area contributed by atoms with E-state index in [0.29, 0.717) is 29.0 Å². The van der Waals surface area contributed by atoms with Crippen molar-refractivity contribution in [2.75, 3.05) is 19.6 Å². The molecule has 0 aliphatic carbocycles. The molecule has 1 fully saturated rings. The second-order valence-corrected chi connectivity index (χ2v) is 7.21. The topological polar surface area (TPSA) is 49.4 Å². The van der Waals surface area contributed by atoms with Gasteiger partial charge in [0.25, 0.3) is 0 Å². The maximum absolute atomic E-state index is 12.6. The Labute approximate surface area is 117 Å². The lowest BCUT2D eigenvalue weighted by atomic mass is 10.2. The molecular formula is C12H17BrN2O2S. The fraction of sp³-hybridized carbons (Fsp3) is 0.500. The first-order valence-electron chi connectivity index (χ1n) is 5.92. The van der Waals surface area contributed by atoms with Gasteiger partial charge in [0.1, 0.15) is 0 Å². The summed E-state index contributed by atoms with van der Waals surface area (Å²) in [7, 11) is -3.42. The van der Waals surface area contributed by atoms with Gasteiger partial charge in [0.15, 0.2) is 0 Å². The maximum Gasteiger partial charge on any atom is 0.244 e. The Kier molecular flexibility index (Phi) is 4.11. The fourth-order valence-corrected chi connectivity index (χ4v) is 4.77. The summed E-state index contributed by atoms with van der Waals surface area (Å²) < 4.78 is 27.5. The number of benzene rings is 1. The summed E-state index contributed by atoms with van der Waals surface area (Å²) in [6.45, 7) is 5.73. The molecule has 100 valence electrons. The Morgan fingerprint density at radius 2 is 2.17 bits per heavy atom. The first-order chi connectivity index (χ1) is 8.44. The Morgan fingerprint density at radius 3 is 2.83 bits per heavy atom. The molecule has 1 N–H and O–H groups in total. The lowest BCUT2D eigenvalue weighted by Gasteiger charge is -2.33. The number of hydrogen-bond donors (Lipinski definition) is 1. The van der Waals surface area contributed by atoms with Gasteiger partial charge in [-0.05, 0) is 41.4 Å². The number of nitrogens with zero attached hydrogens (tertiary/aromatic N) is 1. The molecule has 0 saturated carbocycles. The highest BCUT2D eigenvalue weighted by Crippen LogP contribution is 2.29. The van der Waals surface area contributed by atoms with E-state index in [4.69, 9.17) is 0 Å². The minimum atomic E-state index is -3.42. The van der Waals surface area contributed by atoms with Gasteiger partial charge in [0.05, 0.1) is 4.90 Å². The van der Waals surface area contributed by atoms with Gasteiger partial charge in [-0.3, -0.25) is 0 Å². The molecule has 2 rings (SSSR count). The van der Waals surface area contributed by atoms with Crippen LogP contribution in [0.1, 0.15) is 12.5 Å². The van der Waals surface area contributed by atoms with E-state index in [1.807, 2.05) is 19.9 Å². The zero-order valence-corrected chi connectivity index (χ0v) is 12.9. The van der Waals surface area contributed by atoms with Gasteiger partial charge in [0, 0.05) is 30.1 Å². The zero-order chi connectivity index (χ0) is 13.3. The molecule has 0 amide bonds. The summed E-state index contributed by atoms with van der Waals surface area (Å²) in [5.41, 5.74) is 0.930. The molecule has 0 bridgehead atoms. The number of piperazine rings is 1. The third-order valence-corrected chi connectivity index (χ3v) is 6.55. The standard InChI is InChI=1S/C12H17BrN2O2S/c1-9-4-3-5-11(12(9)13)18(16,17)15-7-6-14-8-10(15)2/h3-5,10,14H,6-8H2,1-2H3/t10-/m0/s1. The molecule has 18 heavy (non-hydrogen) atoms. The van der Waals surface area contributed by atoms with Crippen molar-refractivity contribution in [3.05, 3.63) is 28.2 Å². The van der Waals surface area contributed by atoms with E-state index < -0.39 is 10.0 Å². The third kappa shape index (κ3) is 2.47. The number of rotatable bonds is 2. The Hall–Kier alpha value is -0.430. The molecule has 1 atom stereocenters. The van der Waals surface area contributed by atoms with Crippen LogP contribution in [-0.4, -0.2) is 38.4 Å². The summed E-state index contributed by atoms with van der Waals surface area (Å²) in [4.78, 5) is 0.358. The summed E-state index contributed by atoms with van der Waals surface area (Å²) in [6, 6.07) is 5.31. The fourth-order valence-electron chi connectivity index (χ4n) is 2.13. The van der Waals surface area contributed by atoms with Crippen molar-refractivity contribution in [3.8, 4) is 0 Å². The van der Waals surface area contributed by atoms with Gasteiger partial charge in [-0.2, -0.15) is 4.31 Å². The molecular weight excluding hydrogens is 316 g/mol. The Bertz CT molecular complexity index is 545. The van der Waals surface area contributed by atoms with Crippen molar-refractivity contribution in [1.29, 1.82) is 0 Å². The zero-order valence-electron chi connectivity index (χ0n) is 10.5. The molecule has 0 radical (unpaired) electrons. The summed E-state index contributed by atoms with van der Waals surface area (Å²) >= 11 is 3.38. The molecule has 1 aliphatic heterocycles. The molecule has 1 aromatic carbocycles. The average Bonchev–Trinajstić information content (AvgIpc) is 2.32. The van der Waals surface area contributed by atoms with E-state index in [1.165, 1.54) is 0 Å². The molecule has 0 aromatic heterocycles. The second-order valence-electron chi connectivity index (χ2n) is 4.56. The van der Waals surface area contributed by atoms with Crippen LogP contribution < -0.4 is 5.32 Å². The second kappa shape index (κ2) is 5.28. The van der Waals surface area contributed by atoms with Gasteiger partial charge in [-0.25, -0.2) is 8.42 Å². The van der Waals surface area contributed by atoms with Crippen molar-refractivity contribution in [2.45, 2.75) is 24.8 Å². The minimum Gasteiger partial charge on any atom is -0.314 e. The van der Waals surface area contributed by atoms with Gasteiger partial charge in [0.2, 0.25) is 10.0 Å².